The minimum absolute atomic E-state index is 0.178. The van der Waals surface area contributed by atoms with Gasteiger partial charge in [0.15, 0.2) is 0 Å². The summed E-state index contributed by atoms with van der Waals surface area (Å²) >= 11 is 6.13. The molecule has 0 saturated carbocycles. The molecule has 0 radical (unpaired) electrons. The highest BCUT2D eigenvalue weighted by Crippen LogP contribution is 2.19. The molecule has 0 aliphatic heterocycles. The summed E-state index contributed by atoms with van der Waals surface area (Å²) in [5.41, 5.74) is 1.12. The van der Waals surface area contributed by atoms with E-state index in [9.17, 15) is 4.79 Å². The van der Waals surface area contributed by atoms with Crippen molar-refractivity contribution < 1.29 is 4.79 Å². The summed E-state index contributed by atoms with van der Waals surface area (Å²) in [6.07, 6.45) is 6.22. The summed E-state index contributed by atoms with van der Waals surface area (Å²) in [7, 11) is 0. The van der Waals surface area contributed by atoms with Crippen molar-refractivity contribution in [1.82, 2.24) is 24.6 Å². The third-order valence-corrected chi connectivity index (χ3v) is 3.46. The van der Waals surface area contributed by atoms with E-state index in [1.807, 2.05) is 17.7 Å². The largest absolute Gasteiger partial charge is 0.351 e. The number of hydrogen-bond acceptors (Lipinski definition) is 3. The van der Waals surface area contributed by atoms with Crippen molar-refractivity contribution in [2.45, 2.75) is 33.4 Å². The molecule has 0 unspecified atom stereocenters. The number of hydrogen-bond donors (Lipinski definition) is 1. The van der Waals surface area contributed by atoms with Crippen LogP contribution in [-0.4, -0.2) is 31.8 Å². The molecule has 0 saturated heterocycles. The van der Waals surface area contributed by atoms with Crippen LogP contribution in [0.15, 0.2) is 18.7 Å². The Kier molecular flexibility index (Phi) is 4.79. The Morgan fingerprint density at radius 2 is 2.30 bits per heavy atom. The van der Waals surface area contributed by atoms with Gasteiger partial charge in [0, 0.05) is 32.0 Å². The number of nitrogens with one attached hydrogen (secondary N) is 1. The summed E-state index contributed by atoms with van der Waals surface area (Å²) < 4.78 is 3.60. The summed E-state index contributed by atoms with van der Waals surface area (Å²) in [5, 5.41) is 7.53. The van der Waals surface area contributed by atoms with Gasteiger partial charge in [-0.2, -0.15) is 5.10 Å². The van der Waals surface area contributed by atoms with Gasteiger partial charge in [-0.1, -0.05) is 11.6 Å². The lowest BCUT2D eigenvalue weighted by Gasteiger charge is -2.07. The van der Waals surface area contributed by atoms with Gasteiger partial charge < -0.3 is 9.88 Å². The maximum Gasteiger partial charge on any atom is 0.271 e. The molecule has 2 rings (SSSR count). The molecule has 2 aromatic rings. The molecule has 0 aliphatic carbocycles. The smallest absolute Gasteiger partial charge is 0.271 e. The van der Waals surface area contributed by atoms with E-state index in [-0.39, 0.29) is 5.91 Å². The summed E-state index contributed by atoms with van der Waals surface area (Å²) in [5.74, 6) is -0.178. The molecule has 0 aromatic carbocycles. The van der Waals surface area contributed by atoms with Crippen LogP contribution in [0.2, 0.25) is 5.02 Å². The van der Waals surface area contributed by atoms with Crippen LogP contribution < -0.4 is 5.32 Å². The van der Waals surface area contributed by atoms with E-state index in [1.165, 1.54) is 0 Å². The van der Waals surface area contributed by atoms with Gasteiger partial charge in [0.05, 0.1) is 17.0 Å². The van der Waals surface area contributed by atoms with Crippen molar-refractivity contribution in [3.63, 3.8) is 0 Å². The van der Waals surface area contributed by atoms with E-state index in [1.54, 1.807) is 24.1 Å². The fraction of sp³-hybridized carbons (Fsp3) is 0.462. The number of aromatic nitrogens is 4. The number of nitrogens with zero attached hydrogens (tertiary/aromatic N) is 4. The minimum Gasteiger partial charge on any atom is -0.351 e. The van der Waals surface area contributed by atoms with Crippen LogP contribution in [0.1, 0.15) is 29.5 Å². The topological polar surface area (TPSA) is 64.7 Å². The molecular weight excluding hydrogens is 278 g/mol. The highest BCUT2D eigenvalue weighted by atomic mass is 35.5. The zero-order valence-electron chi connectivity index (χ0n) is 11.6. The predicted molar refractivity (Wildman–Crippen MR) is 76.8 cm³/mol. The number of rotatable bonds is 6. The monoisotopic (exact) mass is 295 g/mol. The standard InChI is InChI=1S/C13H18ClN5O/c1-3-19-12(11(14)10(2)17-19)13(20)16-5-4-7-18-8-6-15-9-18/h6,8-9H,3-5,7H2,1-2H3,(H,16,20). The maximum atomic E-state index is 12.1. The first-order valence-electron chi connectivity index (χ1n) is 6.60. The highest BCUT2D eigenvalue weighted by Gasteiger charge is 2.19. The van der Waals surface area contributed by atoms with Crippen LogP contribution >= 0.6 is 11.6 Å². The number of carbonyl (C=O) groups is 1. The van der Waals surface area contributed by atoms with Crippen molar-refractivity contribution >= 4 is 17.5 Å². The maximum absolute atomic E-state index is 12.1. The fourth-order valence-corrected chi connectivity index (χ4v) is 2.19. The molecule has 0 fully saturated rings. The average molecular weight is 296 g/mol. The van der Waals surface area contributed by atoms with Crippen molar-refractivity contribution in [3.8, 4) is 0 Å². The van der Waals surface area contributed by atoms with Crippen molar-refractivity contribution in [1.29, 1.82) is 0 Å². The van der Waals surface area contributed by atoms with E-state index in [2.05, 4.69) is 15.4 Å². The van der Waals surface area contributed by atoms with Crippen LogP contribution in [0.4, 0.5) is 0 Å². The number of imidazole rings is 1. The highest BCUT2D eigenvalue weighted by molar-refractivity contribution is 6.34. The zero-order chi connectivity index (χ0) is 14.5. The van der Waals surface area contributed by atoms with Gasteiger partial charge in [-0.05, 0) is 20.3 Å². The Labute approximate surface area is 122 Å². The third-order valence-electron chi connectivity index (χ3n) is 3.01. The van der Waals surface area contributed by atoms with E-state index < -0.39 is 0 Å². The average Bonchev–Trinajstić information content (AvgIpc) is 3.04. The quantitative estimate of drug-likeness (QED) is 0.828. The fourth-order valence-electron chi connectivity index (χ4n) is 1.97. The van der Waals surface area contributed by atoms with E-state index >= 15 is 0 Å². The molecular formula is C13H18ClN5O. The van der Waals surface area contributed by atoms with Crippen LogP contribution in [0.5, 0.6) is 0 Å². The Balaban J connectivity index is 1.88. The van der Waals surface area contributed by atoms with Gasteiger partial charge in [-0.25, -0.2) is 4.98 Å². The molecule has 108 valence electrons. The Morgan fingerprint density at radius 1 is 1.50 bits per heavy atom. The first-order valence-corrected chi connectivity index (χ1v) is 6.98. The van der Waals surface area contributed by atoms with Crippen LogP contribution in [0.3, 0.4) is 0 Å². The Hall–Kier alpha value is -1.82. The zero-order valence-corrected chi connectivity index (χ0v) is 12.4. The van der Waals surface area contributed by atoms with Gasteiger partial charge in [-0.3, -0.25) is 9.48 Å². The summed E-state index contributed by atoms with van der Waals surface area (Å²) in [4.78, 5) is 16.1. The van der Waals surface area contributed by atoms with Crippen LogP contribution in [-0.2, 0) is 13.1 Å². The van der Waals surface area contributed by atoms with Crippen LogP contribution in [0.25, 0.3) is 0 Å². The number of aryl methyl sites for hydroxylation is 3. The molecule has 20 heavy (non-hydrogen) atoms. The first-order chi connectivity index (χ1) is 9.63. The molecule has 7 heteroatoms. The van der Waals surface area contributed by atoms with Gasteiger partial charge in [0.2, 0.25) is 0 Å². The second-order valence-corrected chi connectivity index (χ2v) is 4.85. The minimum atomic E-state index is -0.178. The molecule has 1 N–H and O–H groups in total. The normalized spacial score (nSPS) is 10.8. The van der Waals surface area contributed by atoms with Crippen LogP contribution in [0, 0.1) is 6.92 Å². The van der Waals surface area contributed by atoms with Gasteiger partial charge in [-0.15, -0.1) is 0 Å². The molecule has 1 amide bonds. The van der Waals surface area contributed by atoms with E-state index in [0.29, 0.717) is 29.5 Å². The van der Waals surface area contributed by atoms with E-state index in [0.717, 1.165) is 13.0 Å². The molecule has 0 bridgehead atoms. The molecule has 2 heterocycles. The van der Waals surface area contributed by atoms with E-state index in [4.69, 9.17) is 11.6 Å². The van der Waals surface area contributed by atoms with Gasteiger partial charge in [0.25, 0.3) is 5.91 Å². The third kappa shape index (κ3) is 3.19. The lowest BCUT2D eigenvalue weighted by atomic mass is 10.3. The predicted octanol–water partition coefficient (Wildman–Crippen LogP) is 1.88. The Bertz CT molecular complexity index is 576. The van der Waals surface area contributed by atoms with Gasteiger partial charge in [0.1, 0.15) is 5.69 Å². The number of carbonyl (C=O) groups excluding carboxylic acids is 1. The number of halogens is 1. The van der Waals surface area contributed by atoms with Crippen molar-refractivity contribution in [2.24, 2.45) is 0 Å². The van der Waals surface area contributed by atoms with Crippen molar-refractivity contribution in [2.75, 3.05) is 6.54 Å². The molecule has 2 aromatic heterocycles. The first kappa shape index (κ1) is 14.6. The molecule has 0 aliphatic rings. The molecule has 0 atom stereocenters. The summed E-state index contributed by atoms with van der Waals surface area (Å²) in [6.45, 7) is 5.75. The Morgan fingerprint density at radius 3 is 2.95 bits per heavy atom. The lowest BCUT2D eigenvalue weighted by Crippen LogP contribution is -2.28. The number of amides is 1. The molecule has 6 nitrogen and oxygen atoms in total. The van der Waals surface area contributed by atoms with Crippen molar-refractivity contribution in [3.05, 3.63) is 35.1 Å². The second kappa shape index (κ2) is 6.56. The second-order valence-electron chi connectivity index (χ2n) is 4.47. The lowest BCUT2D eigenvalue weighted by molar-refractivity contribution is 0.0942. The molecule has 0 spiro atoms. The SMILES string of the molecule is CCn1nc(C)c(Cl)c1C(=O)NCCCn1ccnc1. The van der Waals surface area contributed by atoms with Gasteiger partial charge >= 0.3 is 0 Å². The summed E-state index contributed by atoms with van der Waals surface area (Å²) in [6, 6.07) is 0.